The average molecular weight is 406 g/mol. The maximum Gasteiger partial charge on any atom is 0.225 e. The van der Waals surface area contributed by atoms with Gasteiger partial charge in [0.25, 0.3) is 0 Å². The van der Waals surface area contributed by atoms with Crippen molar-refractivity contribution in [2.75, 3.05) is 32.7 Å². The average Bonchev–Trinajstić information content (AvgIpc) is 3.00. The van der Waals surface area contributed by atoms with Crippen LogP contribution in [-0.2, 0) is 22.6 Å². The molecule has 5 nitrogen and oxygen atoms in total. The minimum Gasteiger partial charge on any atom is -0.341 e. The fourth-order valence-corrected chi connectivity index (χ4v) is 4.76. The summed E-state index contributed by atoms with van der Waals surface area (Å²) in [5.74, 6) is 0.205. The Morgan fingerprint density at radius 2 is 1.67 bits per heavy atom. The summed E-state index contributed by atoms with van der Waals surface area (Å²) in [6, 6.07) is 18.6. The lowest BCUT2D eigenvalue weighted by atomic mass is 9.90. The molecule has 2 aromatic rings. The molecule has 0 bridgehead atoms. The van der Waals surface area contributed by atoms with E-state index >= 15 is 0 Å². The van der Waals surface area contributed by atoms with Crippen molar-refractivity contribution < 1.29 is 9.59 Å². The molecule has 1 fully saturated rings. The Morgan fingerprint density at radius 1 is 0.900 bits per heavy atom. The number of rotatable bonds is 4. The predicted molar refractivity (Wildman–Crippen MR) is 118 cm³/mol. The van der Waals surface area contributed by atoms with Gasteiger partial charge in [-0.15, -0.1) is 0 Å². The third-order valence-corrected chi connectivity index (χ3v) is 6.38. The summed E-state index contributed by atoms with van der Waals surface area (Å²) >= 11 is 0. The van der Waals surface area contributed by atoms with Crippen molar-refractivity contribution in [3.8, 4) is 0 Å². The van der Waals surface area contributed by atoms with Crippen molar-refractivity contribution in [2.45, 2.75) is 38.8 Å². The van der Waals surface area contributed by atoms with E-state index in [1.165, 1.54) is 11.1 Å². The van der Waals surface area contributed by atoms with Crippen molar-refractivity contribution in [3.05, 3.63) is 71.3 Å². The summed E-state index contributed by atoms with van der Waals surface area (Å²) in [4.78, 5) is 31.8. The molecule has 0 radical (unpaired) electrons. The van der Waals surface area contributed by atoms with E-state index in [0.29, 0.717) is 13.0 Å². The highest BCUT2D eigenvalue weighted by molar-refractivity contribution is 5.80. The Bertz CT molecular complexity index is 883. The van der Waals surface area contributed by atoms with E-state index in [4.69, 9.17) is 0 Å². The van der Waals surface area contributed by atoms with Crippen molar-refractivity contribution in [1.29, 1.82) is 0 Å². The van der Waals surface area contributed by atoms with Crippen molar-refractivity contribution in [2.24, 2.45) is 0 Å². The van der Waals surface area contributed by atoms with Crippen LogP contribution in [0.1, 0.15) is 42.5 Å². The molecule has 0 N–H and O–H groups in total. The standard InChI is InChI=1S/C25H31N3O2/c1-20(29)28-15-12-22-10-5-6-11-23(22)24(28)18-25(30)27-14-7-13-26(16-17-27)19-21-8-3-2-4-9-21/h2-6,8-11,24H,7,12-19H2,1H3. The summed E-state index contributed by atoms with van der Waals surface area (Å²) in [7, 11) is 0. The second-order valence-corrected chi connectivity index (χ2v) is 8.38. The summed E-state index contributed by atoms with van der Waals surface area (Å²) in [6.07, 6.45) is 2.21. The van der Waals surface area contributed by atoms with Crippen LogP contribution in [0.15, 0.2) is 54.6 Å². The monoisotopic (exact) mass is 405 g/mol. The van der Waals surface area contributed by atoms with Gasteiger partial charge in [0.15, 0.2) is 0 Å². The van der Waals surface area contributed by atoms with Gasteiger partial charge in [-0.05, 0) is 29.5 Å². The molecule has 0 aliphatic carbocycles. The second kappa shape index (κ2) is 9.43. The summed E-state index contributed by atoms with van der Waals surface area (Å²) in [6.45, 7) is 6.66. The first-order valence-electron chi connectivity index (χ1n) is 11.0. The number of amides is 2. The van der Waals surface area contributed by atoms with Gasteiger partial charge in [0.1, 0.15) is 0 Å². The lowest BCUT2D eigenvalue weighted by Crippen LogP contribution is -2.42. The molecule has 1 atom stereocenters. The Labute approximate surface area is 179 Å². The van der Waals surface area contributed by atoms with Gasteiger partial charge in [-0.2, -0.15) is 0 Å². The molecule has 0 aromatic heterocycles. The molecule has 30 heavy (non-hydrogen) atoms. The Kier molecular flexibility index (Phi) is 6.48. The third kappa shape index (κ3) is 4.73. The van der Waals surface area contributed by atoms with Gasteiger partial charge < -0.3 is 9.80 Å². The quantitative estimate of drug-likeness (QED) is 0.784. The van der Waals surface area contributed by atoms with Gasteiger partial charge in [-0.1, -0.05) is 54.6 Å². The fourth-order valence-electron chi connectivity index (χ4n) is 4.76. The molecule has 2 aliphatic heterocycles. The molecular weight excluding hydrogens is 374 g/mol. The molecule has 2 heterocycles. The molecule has 5 heteroatoms. The molecule has 2 aromatic carbocycles. The predicted octanol–water partition coefficient (Wildman–Crippen LogP) is 3.26. The van der Waals surface area contributed by atoms with Gasteiger partial charge in [0.2, 0.25) is 11.8 Å². The third-order valence-electron chi connectivity index (χ3n) is 6.38. The van der Waals surface area contributed by atoms with E-state index in [9.17, 15) is 9.59 Å². The smallest absolute Gasteiger partial charge is 0.225 e. The second-order valence-electron chi connectivity index (χ2n) is 8.38. The maximum atomic E-state index is 13.2. The molecule has 2 aliphatic rings. The Hall–Kier alpha value is -2.66. The van der Waals surface area contributed by atoms with Crippen LogP contribution in [0.3, 0.4) is 0 Å². The van der Waals surface area contributed by atoms with Crippen LogP contribution in [0.2, 0.25) is 0 Å². The highest BCUT2D eigenvalue weighted by Gasteiger charge is 2.32. The van der Waals surface area contributed by atoms with E-state index in [0.717, 1.165) is 51.1 Å². The molecule has 2 amide bonds. The summed E-state index contributed by atoms with van der Waals surface area (Å²) in [5.41, 5.74) is 3.71. The normalized spacial score (nSPS) is 19.8. The zero-order chi connectivity index (χ0) is 20.9. The molecule has 0 spiro atoms. The summed E-state index contributed by atoms with van der Waals surface area (Å²) in [5, 5.41) is 0. The number of carbonyl (C=O) groups excluding carboxylic acids is 2. The highest BCUT2D eigenvalue weighted by atomic mass is 16.2. The van der Waals surface area contributed by atoms with Gasteiger partial charge in [0, 0.05) is 46.2 Å². The minimum absolute atomic E-state index is 0.0483. The number of nitrogens with zero attached hydrogens (tertiary/aromatic N) is 3. The van der Waals surface area contributed by atoms with Crippen LogP contribution in [0.4, 0.5) is 0 Å². The maximum absolute atomic E-state index is 13.2. The summed E-state index contributed by atoms with van der Waals surface area (Å²) < 4.78 is 0. The van der Waals surface area contributed by atoms with Gasteiger partial charge in [0.05, 0.1) is 12.5 Å². The largest absolute Gasteiger partial charge is 0.341 e. The molecule has 0 saturated carbocycles. The van der Waals surface area contributed by atoms with Crippen LogP contribution in [0, 0.1) is 0 Å². The van der Waals surface area contributed by atoms with Crippen LogP contribution in [0.5, 0.6) is 0 Å². The van der Waals surface area contributed by atoms with Crippen molar-refractivity contribution >= 4 is 11.8 Å². The first kappa shape index (κ1) is 20.6. The fraction of sp³-hybridized carbons (Fsp3) is 0.440. The molecular formula is C25H31N3O2. The van der Waals surface area contributed by atoms with E-state index in [2.05, 4.69) is 41.3 Å². The van der Waals surface area contributed by atoms with Gasteiger partial charge in [-0.3, -0.25) is 14.5 Å². The molecule has 1 unspecified atom stereocenters. The zero-order valence-electron chi connectivity index (χ0n) is 17.8. The van der Waals surface area contributed by atoms with Crippen LogP contribution < -0.4 is 0 Å². The zero-order valence-corrected chi connectivity index (χ0v) is 17.8. The topological polar surface area (TPSA) is 43.9 Å². The van der Waals surface area contributed by atoms with Crippen LogP contribution >= 0.6 is 0 Å². The van der Waals surface area contributed by atoms with Crippen molar-refractivity contribution in [1.82, 2.24) is 14.7 Å². The van der Waals surface area contributed by atoms with Crippen molar-refractivity contribution in [3.63, 3.8) is 0 Å². The van der Waals surface area contributed by atoms with Crippen LogP contribution in [-0.4, -0.2) is 59.2 Å². The minimum atomic E-state index is -0.149. The molecule has 1 saturated heterocycles. The van der Waals surface area contributed by atoms with Crippen LogP contribution in [0.25, 0.3) is 0 Å². The number of hydrogen-bond acceptors (Lipinski definition) is 3. The first-order chi connectivity index (χ1) is 14.6. The number of benzene rings is 2. The van der Waals surface area contributed by atoms with E-state index in [1.54, 1.807) is 6.92 Å². The van der Waals surface area contributed by atoms with E-state index in [-0.39, 0.29) is 17.9 Å². The van der Waals surface area contributed by atoms with E-state index in [1.807, 2.05) is 28.0 Å². The molecule has 4 rings (SSSR count). The first-order valence-corrected chi connectivity index (χ1v) is 11.0. The van der Waals surface area contributed by atoms with E-state index < -0.39 is 0 Å². The lowest BCUT2D eigenvalue weighted by Gasteiger charge is -2.37. The Balaban J connectivity index is 1.41. The molecule has 158 valence electrons. The Morgan fingerprint density at radius 3 is 2.47 bits per heavy atom. The number of fused-ring (bicyclic) bond motifs is 1. The number of carbonyl (C=O) groups is 2. The highest BCUT2D eigenvalue weighted by Crippen LogP contribution is 2.32. The van der Waals surface area contributed by atoms with Gasteiger partial charge >= 0.3 is 0 Å². The van der Waals surface area contributed by atoms with Gasteiger partial charge in [-0.25, -0.2) is 0 Å². The SMILES string of the molecule is CC(=O)N1CCc2ccccc2C1CC(=O)N1CCCN(Cc2ccccc2)CC1. The lowest BCUT2D eigenvalue weighted by molar-refractivity contribution is -0.136. The number of hydrogen-bond donors (Lipinski definition) is 0.